The zero-order chi connectivity index (χ0) is 18.1. The Labute approximate surface area is 138 Å². The van der Waals surface area contributed by atoms with E-state index in [0.717, 1.165) is 0 Å². The average molecular weight is 327 g/mol. The molecule has 0 aromatic heterocycles. The van der Waals surface area contributed by atoms with Crippen LogP contribution in [0.4, 0.5) is 4.79 Å². The maximum absolute atomic E-state index is 12.8. The monoisotopic (exact) mass is 327 g/mol. The number of hydrogen-bond donors (Lipinski definition) is 0. The van der Waals surface area contributed by atoms with Crippen LogP contribution >= 0.6 is 0 Å². The molecule has 6 nitrogen and oxygen atoms in total. The van der Waals surface area contributed by atoms with Gasteiger partial charge in [0.1, 0.15) is 11.8 Å². The number of nitrogens with zero attached hydrogens (tertiary/aromatic N) is 1. The van der Waals surface area contributed by atoms with Gasteiger partial charge in [-0.05, 0) is 20.8 Å². The van der Waals surface area contributed by atoms with Crippen LogP contribution in [0, 0.1) is 5.41 Å². The second kappa shape index (κ2) is 6.51. The molecule has 23 heavy (non-hydrogen) atoms. The number of methoxy groups -OCH3 is 1. The molecular weight excluding hydrogens is 298 g/mol. The van der Waals surface area contributed by atoms with Crippen LogP contribution < -0.4 is 0 Å². The lowest BCUT2D eigenvalue weighted by atomic mass is 9.89. The molecule has 0 aliphatic carbocycles. The summed E-state index contributed by atoms with van der Waals surface area (Å²) in [6, 6.07) is 0. The number of carbonyl (C=O) groups excluding carboxylic acids is 2. The largest absolute Gasteiger partial charge is 0.467 e. The highest BCUT2D eigenvalue weighted by Gasteiger charge is 2.59. The van der Waals surface area contributed by atoms with Crippen molar-refractivity contribution in [1.29, 1.82) is 0 Å². The van der Waals surface area contributed by atoms with Crippen LogP contribution in [0.5, 0.6) is 0 Å². The van der Waals surface area contributed by atoms with Gasteiger partial charge in [0.15, 0.2) is 5.54 Å². The summed E-state index contributed by atoms with van der Waals surface area (Å²) in [7, 11) is 1.30. The predicted octanol–water partition coefficient (Wildman–Crippen LogP) is 3.11. The van der Waals surface area contributed by atoms with Crippen molar-refractivity contribution in [3.05, 3.63) is 12.7 Å². The molecule has 1 amide bonds. The van der Waals surface area contributed by atoms with Crippen molar-refractivity contribution < 1.29 is 23.8 Å². The number of carbonyl (C=O) groups is 2. The first-order valence-electron chi connectivity index (χ1n) is 7.72. The van der Waals surface area contributed by atoms with Gasteiger partial charge in [-0.1, -0.05) is 26.8 Å². The van der Waals surface area contributed by atoms with Crippen LogP contribution in [0.2, 0.25) is 0 Å². The van der Waals surface area contributed by atoms with Gasteiger partial charge in [-0.3, -0.25) is 4.90 Å². The highest BCUT2D eigenvalue weighted by atomic mass is 16.6. The maximum Gasteiger partial charge on any atom is 0.413 e. The second-order valence-corrected chi connectivity index (χ2v) is 7.90. The van der Waals surface area contributed by atoms with E-state index in [0.29, 0.717) is 0 Å². The Bertz CT molecular complexity index is 474. The van der Waals surface area contributed by atoms with Crippen molar-refractivity contribution in [3.8, 4) is 0 Å². The van der Waals surface area contributed by atoms with E-state index in [2.05, 4.69) is 6.58 Å². The molecule has 2 atom stereocenters. The summed E-state index contributed by atoms with van der Waals surface area (Å²) in [5.74, 6) is -0.532. The number of amides is 1. The molecular formula is C17H29NO5. The van der Waals surface area contributed by atoms with Gasteiger partial charge < -0.3 is 14.2 Å². The summed E-state index contributed by atoms with van der Waals surface area (Å²) in [6.07, 6.45) is 0.618. The summed E-state index contributed by atoms with van der Waals surface area (Å²) >= 11 is 0. The first-order valence-corrected chi connectivity index (χ1v) is 7.72. The first kappa shape index (κ1) is 19.5. The van der Waals surface area contributed by atoms with Gasteiger partial charge in [-0.2, -0.15) is 0 Å². The third kappa shape index (κ3) is 4.05. The molecule has 0 N–H and O–H groups in total. The van der Waals surface area contributed by atoms with Gasteiger partial charge >= 0.3 is 12.1 Å². The summed E-state index contributed by atoms with van der Waals surface area (Å²) in [5.41, 5.74) is -2.33. The minimum atomic E-state index is -1.25. The van der Waals surface area contributed by atoms with E-state index in [4.69, 9.17) is 14.2 Å². The fraction of sp³-hybridized carbons (Fsp3) is 0.765. The van der Waals surface area contributed by atoms with E-state index < -0.39 is 34.8 Å². The van der Waals surface area contributed by atoms with Crippen LogP contribution in [0.3, 0.4) is 0 Å². The van der Waals surface area contributed by atoms with Crippen molar-refractivity contribution in [1.82, 2.24) is 4.90 Å². The first-order chi connectivity index (χ1) is 10.4. The van der Waals surface area contributed by atoms with Gasteiger partial charge in [-0.15, -0.1) is 6.58 Å². The number of esters is 1. The molecule has 1 saturated heterocycles. The van der Waals surface area contributed by atoms with Gasteiger partial charge in [0.25, 0.3) is 0 Å². The van der Waals surface area contributed by atoms with Crippen LogP contribution in [-0.4, -0.2) is 48.0 Å². The van der Waals surface area contributed by atoms with Crippen LogP contribution in [0.25, 0.3) is 0 Å². The molecule has 1 aliphatic rings. The van der Waals surface area contributed by atoms with Gasteiger partial charge in [0.2, 0.25) is 0 Å². The highest BCUT2D eigenvalue weighted by Crippen LogP contribution is 2.40. The zero-order valence-electron chi connectivity index (χ0n) is 15.3. The van der Waals surface area contributed by atoms with E-state index in [-0.39, 0.29) is 13.0 Å². The Morgan fingerprint density at radius 2 is 1.87 bits per heavy atom. The average Bonchev–Trinajstić information content (AvgIpc) is 2.76. The van der Waals surface area contributed by atoms with Gasteiger partial charge in [-0.25, -0.2) is 9.59 Å². The van der Waals surface area contributed by atoms with E-state index in [1.165, 1.54) is 12.0 Å². The van der Waals surface area contributed by atoms with Crippen LogP contribution in [0.15, 0.2) is 12.7 Å². The quantitative estimate of drug-likeness (QED) is 0.588. The fourth-order valence-electron chi connectivity index (χ4n) is 2.63. The Kier molecular flexibility index (Phi) is 5.52. The van der Waals surface area contributed by atoms with Crippen LogP contribution in [0.1, 0.15) is 48.0 Å². The van der Waals surface area contributed by atoms with Gasteiger partial charge in [0, 0.05) is 11.8 Å². The molecule has 1 fully saturated rings. The molecule has 0 aromatic rings. The van der Waals surface area contributed by atoms with E-state index in [9.17, 15) is 9.59 Å². The Morgan fingerprint density at radius 1 is 1.30 bits per heavy atom. The van der Waals surface area contributed by atoms with Crippen molar-refractivity contribution in [3.63, 3.8) is 0 Å². The Balaban J connectivity index is 3.35. The smallest absolute Gasteiger partial charge is 0.413 e. The Hall–Kier alpha value is -1.56. The summed E-state index contributed by atoms with van der Waals surface area (Å²) in [5, 5.41) is 0. The maximum atomic E-state index is 12.8. The molecule has 1 heterocycles. The lowest BCUT2D eigenvalue weighted by molar-refractivity contribution is -0.154. The molecule has 1 aliphatic heterocycles. The molecule has 0 unspecified atom stereocenters. The SMILES string of the molecule is C=CC[C@@]1(C(=O)OC)CO[C@H](C(C)(C)C)N1C(=O)OC(C)(C)C. The molecule has 0 aromatic carbocycles. The molecule has 132 valence electrons. The topological polar surface area (TPSA) is 65.1 Å². The summed E-state index contributed by atoms with van der Waals surface area (Å²) < 4.78 is 16.3. The Morgan fingerprint density at radius 3 is 2.26 bits per heavy atom. The van der Waals surface area contributed by atoms with Crippen molar-refractivity contribution in [2.75, 3.05) is 13.7 Å². The third-order valence-corrected chi connectivity index (χ3v) is 3.55. The lowest BCUT2D eigenvalue weighted by Gasteiger charge is -2.40. The van der Waals surface area contributed by atoms with E-state index in [1.807, 2.05) is 20.8 Å². The van der Waals surface area contributed by atoms with Crippen LogP contribution in [-0.2, 0) is 19.0 Å². The molecule has 0 radical (unpaired) electrons. The normalized spacial score (nSPS) is 25.2. The minimum Gasteiger partial charge on any atom is -0.467 e. The highest BCUT2D eigenvalue weighted by molar-refractivity contribution is 5.87. The third-order valence-electron chi connectivity index (χ3n) is 3.55. The molecule has 0 bridgehead atoms. The van der Waals surface area contributed by atoms with Crippen molar-refractivity contribution in [2.24, 2.45) is 5.41 Å². The second-order valence-electron chi connectivity index (χ2n) is 7.90. The van der Waals surface area contributed by atoms with Gasteiger partial charge in [0.05, 0.1) is 13.7 Å². The number of hydrogen-bond acceptors (Lipinski definition) is 5. The fourth-order valence-corrected chi connectivity index (χ4v) is 2.63. The van der Waals surface area contributed by atoms with Crippen molar-refractivity contribution in [2.45, 2.75) is 65.3 Å². The predicted molar refractivity (Wildman–Crippen MR) is 86.8 cm³/mol. The number of rotatable bonds is 3. The molecule has 0 spiro atoms. The number of ether oxygens (including phenoxy) is 3. The zero-order valence-corrected chi connectivity index (χ0v) is 15.3. The lowest BCUT2D eigenvalue weighted by Crippen LogP contribution is -2.60. The summed E-state index contributed by atoms with van der Waals surface area (Å²) in [6.45, 7) is 14.9. The minimum absolute atomic E-state index is 0.0485. The van der Waals surface area contributed by atoms with E-state index >= 15 is 0 Å². The van der Waals surface area contributed by atoms with E-state index in [1.54, 1.807) is 26.8 Å². The van der Waals surface area contributed by atoms with Crippen molar-refractivity contribution >= 4 is 12.1 Å². The standard InChI is InChI=1S/C17H29NO5/c1-9-10-17(13(19)21-8)11-22-12(15(2,3)4)18(17)14(20)23-16(5,6)7/h9,12H,1,10-11H2,2-8H3/t12-,17+/m1/s1. The molecule has 1 rings (SSSR count). The summed E-state index contributed by atoms with van der Waals surface area (Å²) in [4.78, 5) is 26.7. The molecule has 0 saturated carbocycles. The molecule has 6 heteroatoms.